The first kappa shape index (κ1) is 14.0. The van der Waals surface area contributed by atoms with Crippen molar-refractivity contribution in [2.75, 3.05) is 13.1 Å². The first-order chi connectivity index (χ1) is 8.06. The highest BCUT2D eigenvalue weighted by atomic mass is 35.5. The Hall–Kier alpha value is -1.07. The Labute approximate surface area is 107 Å². The Kier molecular flexibility index (Phi) is 5.44. The third-order valence-corrected chi connectivity index (χ3v) is 2.90. The predicted molar refractivity (Wildman–Crippen MR) is 68.0 cm³/mol. The Morgan fingerprint density at radius 1 is 1.53 bits per heavy atom. The van der Waals surface area contributed by atoms with Gasteiger partial charge in [-0.1, -0.05) is 18.5 Å². The van der Waals surface area contributed by atoms with Gasteiger partial charge >= 0.3 is 0 Å². The van der Waals surface area contributed by atoms with E-state index in [1.54, 1.807) is 4.68 Å². The number of nitrogens with one attached hydrogen (secondary N) is 2. The summed E-state index contributed by atoms with van der Waals surface area (Å²) in [7, 11) is 1.84. The Morgan fingerprint density at radius 3 is 2.76 bits per heavy atom. The molecule has 1 aromatic rings. The van der Waals surface area contributed by atoms with Crippen molar-refractivity contribution in [3.05, 3.63) is 16.4 Å². The molecular weight excluding hydrogens is 240 g/mol. The molecule has 5 nitrogen and oxygen atoms in total. The summed E-state index contributed by atoms with van der Waals surface area (Å²) < 4.78 is 1.73. The van der Waals surface area contributed by atoms with Gasteiger partial charge in [0, 0.05) is 20.1 Å². The normalized spacial score (nSPS) is 10.6. The number of amides is 1. The standard InChI is InChI=1S/C11H19ClN4O/c1-4-5-14-10(17)7-13-6-9-11(12)8(2)15-16(9)3/h13H,4-7H2,1-3H3,(H,14,17). The molecule has 0 aromatic carbocycles. The van der Waals surface area contributed by atoms with E-state index in [-0.39, 0.29) is 5.91 Å². The van der Waals surface area contributed by atoms with Gasteiger partial charge in [-0.25, -0.2) is 0 Å². The minimum Gasteiger partial charge on any atom is -0.355 e. The van der Waals surface area contributed by atoms with E-state index >= 15 is 0 Å². The van der Waals surface area contributed by atoms with Gasteiger partial charge in [-0.2, -0.15) is 5.10 Å². The molecule has 0 radical (unpaired) electrons. The lowest BCUT2D eigenvalue weighted by Crippen LogP contribution is -2.34. The highest BCUT2D eigenvalue weighted by molar-refractivity contribution is 6.31. The van der Waals surface area contributed by atoms with E-state index in [9.17, 15) is 4.79 Å². The Morgan fingerprint density at radius 2 is 2.24 bits per heavy atom. The van der Waals surface area contributed by atoms with Crippen LogP contribution in [0.2, 0.25) is 5.02 Å². The lowest BCUT2D eigenvalue weighted by Gasteiger charge is -2.06. The second-order valence-corrected chi connectivity index (χ2v) is 4.30. The van der Waals surface area contributed by atoms with Gasteiger partial charge in [0.2, 0.25) is 5.91 Å². The average Bonchev–Trinajstić information content (AvgIpc) is 2.53. The van der Waals surface area contributed by atoms with Gasteiger partial charge in [0.25, 0.3) is 0 Å². The van der Waals surface area contributed by atoms with E-state index in [1.807, 2.05) is 20.9 Å². The molecule has 1 heterocycles. The smallest absolute Gasteiger partial charge is 0.233 e. The molecule has 1 rings (SSSR count). The molecule has 0 bridgehead atoms. The van der Waals surface area contributed by atoms with Crippen molar-refractivity contribution < 1.29 is 4.79 Å². The summed E-state index contributed by atoms with van der Waals surface area (Å²) in [6.07, 6.45) is 0.943. The molecule has 0 atom stereocenters. The molecule has 0 aliphatic carbocycles. The SMILES string of the molecule is CCCNC(=O)CNCc1c(Cl)c(C)nn1C. The maximum Gasteiger partial charge on any atom is 0.233 e. The monoisotopic (exact) mass is 258 g/mol. The van der Waals surface area contributed by atoms with Crippen molar-refractivity contribution in [1.82, 2.24) is 20.4 Å². The minimum absolute atomic E-state index is 0.00172. The van der Waals surface area contributed by atoms with Crippen molar-refractivity contribution in [3.8, 4) is 0 Å². The number of rotatable bonds is 6. The van der Waals surface area contributed by atoms with E-state index in [0.717, 1.165) is 17.8 Å². The van der Waals surface area contributed by atoms with Crippen LogP contribution in [-0.4, -0.2) is 28.8 Å². The lowest BCUT2D eigenvalue weighted by molar-refractivity contribution is -0.120. The number of nitrogens with zero attached hydrogens (tertiary/aromatic N) is 2. The van der Waals surface area contributed by atoms with Crippen LogP contribution < -0.4 is 10.6 Å². The molecule has 1 aromatic heterocycles. The van der Waals surface area contributed by atoms with Crippen LogP contribution in [0.4, 0.5) is 0 Å². The molecule has 0 fully saturated rings. The zero-order valence-electron chi connectivity index (χ0n) is 10.5. The van der Waals surface area contributed by atoms with Crippen molar-refractivity contribution in [1.29, 1.82) is 0 Å². The fourth-order valence-corrected chi connectivity index (χ4v) is 1.72. The van der Waals surface area contributed by atoms with E-state index in [4.69, 9.17) is 11.6 Å². The fraction of sp³-hybridized carbons (Fsp3) is 0.636. The number of aromatic nitrogens is 2. The van der Waals surface area contributed by atoms with E-state index in [0.29, 0.717) is 24.7 Å². The quantitative estimate of drug-likeness (QED) is 0.800. The zero-order chi connectivity index (χ0) is 12.8. The molecule has 1 amide bonds. The third kappa shape index (κ3) is 4.02. The molecule has 96 valence electrons. The molecule has 0 aliphatic rings. The van der Waals surface area contributed by atoms with Gasteiger partial charge in [0.05, 0.1) is 23.0 Å². The predicted octanol–water partition coefficient (Wildman–Crippen LogP) is 0.998. The van der Waals surface area contributed by atoms with Crippen LogP contribution in [-0.2, 0) is 18.4 Å². The van der Waals surface area contributed by atoms with Crippen molar-refractivity contribution in [2.24, 2.45) is 7.05 Å². The maximum atomic E-state index is 11.3. The van der Waals surface area contributed by atoms with Gasteiger partial charge in [-0.05, 0) is 13.3 Å². The Bertz CT molecular complexity index is 389. The summed E-state index contributed by atoms with van der Waals surface area (Å²) in [6.45, 7) is 5.42. The van der Waals surface area contributed by atoms with Gasteiger partial charge in [0.1, 0.15) is 0 Å². The second kappa shape index (κ2) is 6.61. The summed E-state index contributed by atoms with van der Waals surface area (Å²) in [5.41, 5.74) is 1.70. The van der Waals surface area contributed by atoms with Gasteiger partial charge in [-0.3, -0.25) is 9.48 Å². The van der Waals surface area contributed by atoms with Crippen molar-refractivity contribution in [2.45, 2.75) is 26.8 Å². The Balaban J connectivity index is 2.38. The molecule has 17 heavy (non-hydrogen) atoms. The maximum absolute atomic E-state index is 11.3. The minimum atomic E-state index is 0.00172. The van der Waals surface area contributed by atoms with Crippen molar-refractivity contribution >= 4 is 17.5 Å². The summed E-state index contributed by atoms with van der Waals surface area (Å²) in [5.74, 6) is 0.00172. The number of hydrogen-bond donors (Lipinski definition) is 2. The summed E-state index contributed by atoms with van der Waals surface area (Å²) in [4.78, 5) is 11.3. The molecule has 0 unspecified atom stereocenters. The largest absolute Gasteiger partial charge is 0.355 e. The first-order valence-electron chi connectivity index (χ1n) is 5.71. The molecule has 2 N–H and O–H groups in total. The summed E-state index contributed by atoms with van der Waals surface area (Å²) in [5, 5.41) is 10.7. The molecular formula is C11H19ClN4O. The highest BCUT2D eigenvalue weighted by Gasteiger charge is 2.10. The fourth-order valence-electron chi connectivity index (χ4n) is 1.49. The molecule has 0 aliphatic heterocycles. The van der Waals surface area contributed by atoms with Gasteiger partial charge in [0.15, 0.2) is 0 Å². The summed E-state index contributed by atoms with van der Waals surface area (Å²) >= 11 is 6.09. The molecule has 6 heteroatoms. The topological polar surface area (TPSA) is 59.0 Å². The zero-order valence-corrected chi connectivity index (χ0v) is 11.3. The average molecular weight is 259 g/mol. The number of carbonyl (C=O) groups excluding carboxylic acids is 1. The van der Waals surface area contributed by atoms with Crippen LogP contribution in [0.1, 0.15) is 24.7 Å². The number of aryl methyl sites for hydroxylation is 2. The third-order valence-electron chi connectivity index (χ3n) is 2.41. The number of carbonyl (C=O) groups is 1. The van der Waals surface area contributed by atoms with E-state index in [1.165, 1.54) is 0 Å². The molecule has 0 spiro atoms. The molecule has 0 saturated heterocycles. The van der Waals surface area contributed by atoms with Crippen LogP contribution in [0.3, 0.4) is 0 Å². The van der Waals surface area contributed by atoms with Crippen LogP contribution in [0.25, 0.3) is 0 Å². The van der Waals surface area contributed by atoms with Crippen LogP contribution in [0.15, 0.2) is 0 Å². The van der Waals surface area contributed by atoms with E-state index < -0.39 is 0 Å². The number of hydrogen-bond acceptors (Lipinski definition) is 3. The second-order valence-electron chi connectivity index (χ2n) is 3.92. The van der Waals surface area contributed by atoms with Crippen LogP contribution in [0, 0.1) is 6.92 Å². The van der Waals surface area contributed by atoms with Gasteiger partial charge < -0.3 is 10.6 Å². The van der Waals surface area contributed by atoms with Crippen molar-refractivity contribution in [3.63, 3.8) is 0 Å². The highest BCUT2D eigenvalue weighted by Crippen LogP contribution is 2.18. The number of halogens is 1. The van der Waals surface area contributed by atoms with Gasteiger partial charge in [-0.15, -0.1) is 0 Å². The summed E-state index contributed by atoms with van der Waals surface area (Å²) in [6, 6.07) is 0. The molecule has 0 saturated carbocycles. The lowest BCUT2D eigenvalue weighted by atomic mass is 10.3. The van der Waals surface area contributed by atoms with Crippen LogP contribution >= 0.6 is 11.6 Å². The van der Waals surface area contributed by atoms with Crippen LogP contribution in [0.5, 0.6) is 0 Å². The first-order valence-corrected chi connectivity index (χ1v) is 6.09. The van der Waals surface area contributed by atoms with E-state index in [2.05, 4.69) is 15.7 Å².